The first-order chi connectivity index (χ1) is 9.74. The van der Waals surface area contributed by atoms with Crippen LogP contribution in [-0.4, -0.2) is 41.2 Å². The van der Waals surface area contributed by atoms with E-state index in [0.717, 1.165) is 39.0 Å². The van der Waals surface area contributed by atoms with Crippen LogP contribution in [0, 0.1) is 5.92 Å². The van der Waals surface area contributed by atoms with Gasteiger partial charge in [0.1, 0.15) is 6.54 Å². The van der Waals surface area contributed by atoms with Gasteiger partial charge in [0.25, 0.3) is 5.56 Å². The molecule has 3 rings (SSSR count). The molecule has 1 saturated heterocycles. The van der Waals surface area contributed by atoms with Gasteiger partial charge in [-0.05, 0) is 25.3 Å². The maximum atomic E-state index is 12.5. The Morgan fingerprint density at radius 2 is 2.20 bits per heavy atom. The standard InChI is InChI=1S/C15H20N2O3/c18-14-3-1-2-7-16(14)10-15(19)17(13-4-5-13)9-12-6-8-20-11-12/h1-3,7,12-13H,4-6,8-11H2. The number of rotatable bonds is 5. The van der Waals surface area contributed by atoms with Gasteiger partial charge in [-0.2, -0.15) is 0 Å². The summed E-state index contributed by atoms with van der Waals surface area (Å²) in [6, 6.07) is 5.33. The second-order valence-corrected chi connectivity index (χ2v) is 5.67. The molecule has 0 N–H and O–H groups in total. The summed E-state index contributed by atoms with van der Waals surface area (Å²) >= 11 is 0. The summed E-state index contributed by atoms with van der Waals surface area (Å²) in [5, 5.41) is 0. The maximum Gasteiger partial charge on any atom is 0.250 e. The van der Waals surface area contributed by atoms with Crippen LogP contribution in [0.1, 0.15) is 19.3 Å². The van der Waals surface area contributed by atoms with Crippen LogP contribution >= 0.6 is 0 Å². The molecule has 2 aliphatic rings. The Morgan fingerprint density at radius 3 is 2.85 bits per heavy atom. The monoisotopic (exact) mass is 276 g/mol. The van der Waals surface area contributed by atoms with E-state index in [1.165, 1.54) is 10.6 Å². The summed E-state index contributed by atoms with van der Waals surface area (Å²) < 4.78 is 6.86. The summed E-state index contributed by atoms with van der Waals surface area (Å²) in [4.78, 5) is 26.1. The van der Waals surface area contributed by atoms with Gasteiger partial charge in [0, 0.05) is 37.4 Å². The summed E-state index contributed by atoms with van der Waals surface area (Å²) in [6.07, 6.45) is 4.87. The van der Waals surface area contributed by atoms with Crippen molar-refractivity contribution in [2.45, 2.75) is 31.8 Å². The average Bonchev–Trinajstić information content (AvgIpc) is 3.15. The molecule has 2 heterocycles. The lowest BCUT2D eigenvalue weighted by atomic mass is 10.1. The third kappa shape index (κ3) is 3.10. The van der Waals surface area contributed by atoms with E-state index >= 15 is 0 Å². The molecule has 1 aromatic heterocycles. The Balaban J connectivity index is 1.66. The van der Waals surface area contributed by atoms with E-state index < -0.39 is 0 Å². The van der Waals surface area contributed by atoms with Crippen molar-refractivity contribution in [1.82, 2.24) is 9.47 Å². The molecular formula is C15H20N2O3. The zero-order valence-electron chi connectivity index (χ0n) is 11.5. The van der Waals surface area contributed by atoms with Gasteiger partial charge in [0.2, 0.25) is 5.91 Å². The molecule has 0 spiro atoms. The second-order valence-electron chi connectivity index (χ2n) is 5.67. The normalized spacial score (nSPS) is 21.9. The number of hydrogen-bond acceptors (Lipinski definition) is 3. The average molecular weight is 276 g/mol. The molecule has 1 saturated carbocycles. The fourth-order valence-corrected chi connectivity index (χ4v) is 2.67. The summed E-state index contributed by atoms with van der Waals surface area (Å²) in [7, 11) is 0. The molecule has 1 atom stereocenters. The minimum absolute atomic E-state index is 0.0488. The lowest BCUT2D eigenvalue weighted by molar-refractivity contribution is -0.133. The molecule has 5 heteroatoms. The van der Waals surface area contributed by atoms with E-state index in [0.29, 0.717) is 12.0 Å². The third-order valence-corrected chi connectivity index (χ3v) is 3.99. The minimum atomic E-state index is -0.124. The molecule has 20 heavy (non-hydrogen) atoms. The number of carbonyl (C=O) groups excluding carboxylic acids is 1. The number of aromatic nitrogens is 1. The van der Waals surface area contributed by atoms with Gasteiger partial charge in [-0.15, -0.1) is 0 Å². The Bertz CT molecular complexity index is 530. The topological polar surface area (TPSA) is 51.5 Å². The van der Waals surface area contributed by atoms with Crippen molar-refractivity contribution in [2.24, 2.45) is 5.92 Å². The van der Waals surface area contributed by atoms with E-state index in [1.54, 1.807) is 18.3 Å². The molecular weight excluding hydrogens is 256 g/mol. The van der Waals surface area contributed by atoms with Crippen molar-refractivity contribution in [1.29, 1.82) is 0 Å². The van der Waals surface area contributed by atoms with Crippen LogP contribution in [0.25, 0.3) is 0 Å². The molecule has 1 aromatic rings. The largest absolute Gasteiger partial charge is 0.381 e. The van der Waals surface area contributed by atoms with Gasteiger partial charge < -0.3 is 14.2 Å². The van der Waals surface area contributed by atoms with Crippen molar-refractivity contribution in [3.05, 3.63) is 34.7 Å². The van der Waals surface area contributed by atoms with Gasteiger partial charge in [0.05, 0.1) is 6.61 Å². The third-order valence-electron chi connectivity index (χ3n) is 3.99. The molecule has 0 aromatic carbocycles. The highest BCUT2D eigenvalue weighted by Gasteiger charge is 2.34. The van der Waals surface area contributed by atoms with Crippen LogP contribution in [0.3, 0.4) is 0 Å². The van der Waals surface area contributed by atoms with E-state index in [1.807, 2.05) is 4.90 Å². The summed E-state index contributed by atoms with van der Waals surface area (Å²) in [6.45, 7) is 2.46. The van der Waals surface area contributed by atoms with E-state index in [2.05, 4.69) is 0 Å². The van der Waals surface area contributed by atoms with Crippen LogP contribution in [0.5, 0.6) is 0 Å². The Morgan fingerprint density at radius 1 is 1.35 bits per heavy atom. The zero-order chi connectivity index (χ0) is 13.9. The number of hydrogen-bond donors (Lipinski definition) is 0. The van der Waals surface area contributed by atoms with Gasteiger partial charge in [-0.25, -0.2) is 0 Å². The highest BCUT2D eigenvalue weighted by molar-refractivity contribution is 5.76. The highest BCUT2D eigenvalue weighted by atomic mass is 16.5. The van der Waals surface area contributed by atoms with Gasteiger partial charge in [-0.1, -0.05) is 6.07 Å². The highest BCUT2D eigenvalue weighted by Crippen LogP contribution is 2.29. The molecule has 5 nitrogen and oxygen atoms in total. The first-order valence-electron chi connectivity index (χ1n) is 7.27. The number of nitrogens with zero attached hydrogens (tertiary/aromatic N) is 2. The molecule has 2 fully saturated rings. The quantitative estimate of drug-likeness (QED) is 0.802. The van der Waals surface area contributed by atoms with E-state index in [-0.39, 0.29) is 18.0 Å². The maximum absolute atomic E-state index is 12.5. The molecule has 108 valence electrons. The number of amides is 1. The lowest BCUT2D eigenvalue weighted by Gasteiger charge is -2.25. The zero-order valence-corrected chi connectivity index (χ0v) is 11.5. The van der Waals surface area contributed by atoms with Gasteiger partial charge in [0.15, 0.2) is 0 Å². The first-order valence-corrected chi connectivity index (χ1v) is 7.27. The molecule has 1 aliphatic carbocycles. The van der Waals surface area contributed by atoms with Crippen LogP contribution in [-0.2, 0) is 16.1 Å². The Kier molecular flexibility index (Phi) is 3.87. The van der Waals surface area contributed by atoms with E-state index in [4.69, 9.17) is 4.74 Å². The number of ether oxygens (including phenoxy) is 1. The summed E-state index contributed by atoms with van der Waals surface area (Å²) in [5.74, 6) is 0.500. The molecule has 0 radical (unpaired) electrons. The molecule has 0 bridgehead atoms. The van der Waals surface area contributed by atoms with Crippen molar-refractivity contribution >= 4 is 5.91 Å². The van der Waals surface area contributed by atoms with Crippen LogP contribution in [0.4, 0.5) is 0 Å². The van der Waals surface area contributed by atoms with Crippen molar-refractivity contribution in [3.8, 4) is 0 Å². The van der Waals surface area contributed by atoms with Crippen molar-refractivity contribution in [3.63, 3.8) is 0 Å². The summed E-state index contributed by atoms with van der Waals surface area (Å²) in [5.41, 5.74) is -0.124. The SMILES string of the molecule is O=C(Cn1ccccc1=O)N(CC1CCOC1)C1CC1. The predicted molar refractivity (Wildman–Crippen MR) is 74.4 cm³/mol. The van der Waals surface area contributed by atoms with Crippen LogP contribution < -0.4 is 5.56 Å². The van der Waals surface area contributed by atoms with E-state index in [9.17, 15) is 9.59 Å². The molecule has 1 amide bonds. The number of carbonyl (C=O) groups is 1. The van der Waals surface area contributed by atoms with Crippen molar-refractivity contribution in [2.75, 3.05) is 19.8 Å². The number of pyridine rings is 1. The fraction of sp³-hybridized carbons (Fsp3) is 0.600. The first kappa shape index (κ1) is 13.4. The smallest absolute Gasteiger partial charge is 0.250 e. The molecule has 1 aliphatic heterocycles. The van der Waals surface area contributed by atoms with Crippen LogP contribution in [0.15, 0.2) is 29.2 Å². The minimum Gasteiger partial charge on any atom is -0.381 e. The molecule has 1 unspecified atom stereocenters. The van der Waals surface area contributed by atoms with Gasteiger partial charge in [-0.3, -0.25) is 9.59 Å². The van der Waals surface area contributed by atoms with Crippen LogP contribution in [0.2, 0.25) is 0 Å². The second kappa shape index (κ2) is 5.79. The Labute approximate surface area is 118 Å². The fourth-order valence-electron chi connectivity index (χ4n) is 2.67. The Hall–Kier alpha value is -1.62. The predicted octanol–water partition coefficient (Wildman–Crippen LogP) is 0.876. The van der Waals surface area contributed by atoms with Gasteiger partial charge >= 0.3 is 0 Å². The van der Waals surface area contributed by atoms with Crippen molar-refractivity contribution < 1.29 is 9.53 Å². The lowest BCUT2D eigenvalue weighted by Crippen LogP contribution is -2.40.